The zero-order valence-electron chi connectivity index (χ0n) is 10.0. The van der Waals surface area contributed by atoms with E-state index in [0.29, 0.717) is 18.6 Å². The first-order valence-corrected chi connectivity index (χ1v) is 5.53. The normalized spacial score (nSPS) is 12.3. The maximum atomic E-state index is 13.0. The third-order valence-corrected chi connectivity index (χ3v) is 2.36. The molecule has 106 valence electrons. The molecule has 0 unspecified atom stereocenters. The minimum Gasteiger partial charge on any atom is -0.326 e. The lowest BCUT2D eigenvalue weighted by Crippen LogP contribution is -2.33. The van der Waals surface area contributed by atoms with Crippen LogP contribution in [-0.2, 0) is 10.7 Å². The van der Waals surface area contributed by atoms with E-state index in [9.17, 15) is 26.7 Å². The van der Waals surface area contributed by atoms with Gasteiger partial charge >= 0.3 is 12.1 Å². The van der Waals surface area contributed by atoms with Crippen molar-refractivity contribution in [2.75, 3.05) is 5.32 Å². The van der Waals surface area contributed by atoms with Gasteiger partial charge in [0.25, 0.3) is 0 Å². The molecule has 0 heterocycles. The van der Waals surface area contributed by atoms with E-state index in [1.54, 1.807) is 6.92 Å². The van der Waals surface area contributed by atoms with Crippen molar-refractivity contribution >= 4 is 11.6 Å². The largest absolute Gasteiger partial charge is 0.458 e. The molecule has 0 aromatic heterocycles. The van der Waals surface area contributed by atoms with E-state index in [4.69, 9.17) is 0 Å². The summed E-state index contributed by atoms with van der Waals surface area (Å²) in [7, 11) is 0. The predicted octanol–water partition coefficient (Wildman–Crippen LogP) is 4.08. The highest BCUT2D eigenvalue weighted by Crippen LogP contribution is 2.43. The van der Waals surface area contributed by atoms with E-state index in [-0.39, 0.29) is 18.0 Å². The van der Waals surface area contributed by atoms with Crippen molar-refractivity contribution in [1.29, 1.82) is 0 Å². The zero-order chi connectivity index (χ0) is 14.7. The highest BCUT2D eigenvalue weighted by molar-refractivity contribution is 5.90. The van der Waals surface area contributed by atoms with Crippen LogP contribution < -0.4 is 5.32 Å². The summed E-state index contributed by atoms with van der Waals surface area (Å²) < 4.78 is 62.3. The molecular weight excluding hydrogens is 269 g/mol. The number of carbonyl (C=O) groups excluding carboxylic acids is 1. The van der Waals surface area contributed by atoms with Crippen molar-refractivity contribution in [2.24, 2.45) is 0 Å². The molecule has 1 aromatic rings. The van der Waals surface area contributed by atoms with Crippen molar-refractivity contribution < 1.29 is 26.7 Å². The van der Waals surface area contributed by atoms with Gasteiger partial charge in [-0.1, -0.05) is 19.1 Å². The third-order valence-electron chi connectivity index (χ3n) is 2.36. The standard InChI is InChI=1S/C12H12F5NO/c1-2-3-10(19)18-9-6-4-8(5-7-9)11(13,14)12(15,16)17/h4-7H,2-3H2,1H3,(H,18,19). The van der Waals surface area contributed by atoms with Crippen LogP contribution in [0.5, 0.6) is 0 Å². The van der Waals surface area contributed by atoms with Gasteiger partial charge in [0.15, 0.2) is 0 Å². The van der Waals surface area contributed by atoms with Crippen LogP contribution in [0.3, 0.4) is 0 Å². The Morgan fingerprint density at radius 2 is 1.63 bits per heavy atom. The molecule has 19 heavy (non-hydrogen) atoms. The average Bonchev–Trinajstić information content (AvgIpc) is 2.28. The fraction of sp³-hybridized carbons (Fsp3) is 0.417. The smallest absolute Gasteiger partial charge is 0.326 e. The summed E-state index contributed by atoms with van der Waals surface area (Å²) >= 11 is 0. The third kappa shape index (κ3) is 3.65. The summed E-state index contributed by atoms with van der Waals surface area (Å²) in [5.41, 5.74) is -0.978. The van der Waals surface area contributed by atoms with E-state index in [2.05, 4.69) is 5.32 Å². The second-order valence-corrected chi connectivity index (χ2v) is 3.95. The number of benzene rings is 1. The van der Waals surface area contributed by atoms with Gasteiger partial charge in [-0.2, -0.15) is 22.0 Å². The Bertz CT molecular complexity index is 438. The van der Waals surface area contributed by atoms with Gasteiger partial charge in [-0.25, -0.2) is 0 Å². The van der Waals surface area contributed by atoms with E-state index in [0.717, 1.165) is 12.1 Å². The Balaban J connectivity index is 2.85. The lowest BCUT2D eigenvalue weighted by Gasteiger charge is -2.20. The fourth-order valence-electron chi connectivity index (χ4n) is 1.38. The molecule has 2 nitrogen and oxygen atoms in total. The SMILES string of the molecule is CCCC(=O)Nc1ccc(C(F)(F)C(F)(F)F)cc1. The Kier molecular flexibility index (Phi) is 4.49. The minimum atomic E-state index is -5.64. The summed E-state index contributed by atoms with van der Waals surface area (Å²) in [5.74, 6) is -5.23. The van der Waals surface area contributed by atoms with Gasteiger partial charge in [-0.3, -0.25) is 4.79 Å². The number of anilines is 1. The van der Waals surface area contributed by atoms with Crippen molar-refractivity contribution in [3.05, 3.63) is 29.8 Å². The molecule has 0 radical (unpaired) electrons. The molecule has 0 atom stereocenters. The maximum absolute atomic E-state index is 13.0. The molecule has 0 aliphatic carbocycles. The number of alkyl halides is 5. The fourth-order valence-corrected chi connectivity index (χ4v) is 1.38. The molecule has 0 spiro atoms. The monoisotopic (exact) mass is 281 g/mol. The molecule has 0 bridgehead atoms. The Morgan fingerprint density at radius 3 is 2.05 bits per heavy atom. The molecule has 0 aliphatic heterocycles. The highest BCUT2D eigenvalue weighted by Gasteiger charge is 2.58. The van der Waals surface area contributed by atoms with Crippen LogP contribution in [0.4, 0.5) is 27.6 Å². The van der Waals surface area contributed by atoms with Crippen molar-refractivity contribution in [2.45, 2.75) is 31.9 Å². The van der Waals surface area contributed by atoms with Gasteiger partial charge < -0.3 is 5.32 Å². The van der Waals surface area contributed by atoms with Gasteiger partial charge in [0.2, 0.25) is 5.91 Å². The first-order chi connectivity index (χ1) is 8.68. The summed E-state index contributed by atoms with van der Waals surface area (Å²) in [5, 5.41) is 2.40. The molecule has 1 N–H and O–H groups in total. The number of amides is 1. The van der Waals surface area contributed by atoms with E-state index in [1.807, 2.05) is 0 Å². The molecule has 0 aliphatic rings. The van der Waals surface area contributed by atoms with Gasteiger partial charge in [-0.15, -0.1) is 0 Å². The quantitative estimate of drug-likeness (QED) is 0.828. The van der Waals surface area contributed by atoms with Crippen molar-refractivity contribution in [1.82, 2.24) is 0 Å². The number of carbonyl (C=O) groups is 1. The Labute approximate surface area is 106 Å². The first kappa shape index (κ1) is 15.4. The van der Waals surface area contributed by atoms with Crippen LogP contribution in [0.25, 0.3) is 0 Å². The second kappa shape index (κ2) is 5.54. The first-order valence-electron chi connectivity index (χ1n) is 5.53. The summed E-state index contributed by atoms with van der Waals surface area (Å²) in [6.07, 6.45) is -4.78. The molecule has 0 saturated carbocycles. The molecule has 1 amide bonds. The number of hydrogen-bond donors (Lipinski definition) is 1. The van der Waals surface area contributed by atoms with Crippen molar-refractivity contribution in [3.8, 4) is 0 Å². The molecule has 0 fully saturated rings. The topological polar surface area (TPSA) is 29.1 Å². The predicted molar refractivity (Wildman–Crippen MR) is 59.9 cm³/mol. The molecule has 1 rings (SSSR count). The van der Waals surface area contributed by atoms with Gasteiger partial charge in [0, 0.05) is 17.7 Å². The molecular formula is C12H12F5NO. The van der Waals surface area contributed by atoms with Gasteiger partial charge in [0.05, 0.1) is 0 Å². The van der Waals surface area contributed by atoms with Gasteiger partial charge in [-0.05, 0) is 18.6 Å². The van der Waals surface area contributed by atoms with Crippen LogP contribution in [0, 0.1) is 0 Å². The van der Waals surface area contributed by atoms with Crippen molar-refractivity contribution in [3.63, 3.8) is 0 Å². The Morgan fingerprint density at radius 1 is 1.11 bits per heavy atom. The summed E-state index contributed by atoms with van der Waals surface area (Å²) in [4.78, 5) is 11.2. The average molecular weight is 281 g/mol. The number of rotatable bonds is 4. The number of halogens is 5. The zero-order valence-corrected chi connectivity index (χ0v) is 10.0. The van der Waals surface area contributed by atoms with E-state index in [1.165, 1.54) is 0 Å². The van der Waals surface area contributed by atoms with E-state index < -0.39 is 17.7 Å². The van der Waals surface area contributed by atoms with Crippen LogP contribution in [-0.4, -0.2) is 12.1 Å². The maximum Gasteiger partial charge on any atom is 0.458 e. The lowest BCUT2D eigenvalue weighted by atomic mass is 10.1. The number of hydrogen-bond acceptors (Lipinski definition) is 1. The second-order valence-electron chi connectivity index (χ2n) is 3.95. The van der Waals surface area contributed by atoms with Crippen LogP contribution in [0.2, 0.25) is 0 Å². The van der Waals surface area contributed by atoms with Crippen LogP contribution in [0.15, 0.2) is 24.3 Å². The molecule has 0 saturated heterocycles. The number of nitrogens with one attached hydrogen (secondary N) is 1. The van der Waals surface area contributed by atoms with E-state index >= 15 is 0 Å². The Hall–Kier alpha value is -1.66. The summed E-state index contributed by atoms with van der Waals surface area (Å²) in [6.45, 7) is 1.78. The minimum absolute atomic E-state index is 0.181. The lowest BCUT2D eigenvalue weighted by molar-refractivity contribution is -0.289. The molecule has 7 heteroatoms. The highest BCUT2D eigenvalue weighted by atomic mass is 19.4. The summed E-state index contributed by atoms with van der Waals surface area (Å²) in [6, 6.07) is 3.33. The van der Waals surface area contributed by atoms with Crippen LogP contribution >= 0.6 is 0 Å². The van der Waals surface area contributed by atoms with Crippen LogP contribution in [0.1, 0.15) is 25.3 Å². The molecule has 1 aromatic carbocycles. The van der Waals surface area contributed by atoms with Gasteiger partial charge in [0.1, 0.15) is 0 Å².